The zero-order valence-corrected chi connectivity index (χ0v) is 20.9. The highest BCUT2D eigenvalue weighted by atomic mass is 16.5. The second-order valence-electron chi connectivity index (χ2n) is 9.04. The summed E-state index contributed by atoms with van der Waals surface area (Å²) in [5, 5.41) is 14.1. The molecule has 0 bridgehead atoms. The van der Waals surface area contributed by atoms with Gasteiger partial charge in [-0.2, -0.15) is 4.98 Å². The third kappa shape index (κ3) is 5.88. The van der Waals surface area contributed by atoms with Crippen LogP contribution < -0.4 is 21.3 Å². The summed E-state index contributed by atoms with van der Waals surface area (Å²) in [6, 6.07) is 5.78. The zero-order chi connectivity index (χ0) is 24.8. The maximum atomic E-state index is 12.7. The van der Waals surface area contributed by atoms with Gasteiger partial charge in [-0.15, -0.1) is 0 Å². The van der Waals surface area contributed by atoms with Gasteiger partial charge in [-0.3, -0.25) is 14.3 Å². The van der Waals surface area contributed by atoms with Crippen molar-refractivity contribution in [3.05, 3.63) is 50.2 Å². The van der Waals surface area contributed by atoms with Gasteiger partial charge in [0, 0.05) is 13.6 Å². The SMILES string of the molecule is CCCC[C@H](CC)CNc1nc2c(c(=O)[nH]c(=O)n2C)n1C[C@H](O)COc1ccc(C)c(C)c1. The van der Waals surface area contributed by atoms with E-state index < -0.39 is 17.4 Å². The van der Waals surface area contributed by atoms with Gasteiger partial charge in [0.2, 0.25) is 5.95 Å². The molecule has 9 nitrogen and oxygen atoms in total. The lowest BCUT2D eigenvalue weighted by molar-refractivity contribution is 0.0938. The number of aryl methyl sites for hydroxylation is 3. The number of imidazole rings is 1. The van der Waals surface area contributed by atoms with Gasteiger partial charge in [0.05, 0.1) is 6.54 Å². The third-order valence-corrected chi connectivity index (χ3v) is 6.41. The van der Waals surface area contributed by atoms with Crippen LogP contribution >= 0.6 is 0 Å². The van der Waals surface area contributed by atoms with Gasteiger partial charge < -0.3 is 19.7 Å². The quantitative estimate of drug-likeness (QED) is 0.374. The Morgan fingerprint density at radius 3 is 2.65 bits per heavy atom. The number of aliphatic hydroxyl groups excluding tert-OH is 1. The minimum Gasteiger partial charge on any atom is -0.491 e. The molecule has 0 saturated carbocycles. The van der Waals surface area contributed by atoms with Crippen molar-refractivity contribution in [3.63, 3.8) is 0 Å². The number of rotatable bonds is 12. The fourth-order valence-electron chi connectivity index (χ4n) is 3.99. The molecule has 0 aliphatic rings. The van der Waals surface area contributed by atoms with Gasteiger partial charge in [-0.1, -0.05) is 39.2 Å². The van der Waals surface area contributed by atoms with Crippen LogP contribution in [0, 0.1) is 19.8 Å². The van der Waals surface area contributed by atoms with Crippen LogP contribution in [0.1, 0.15) is 50.7 Å². The Balaban J connectivity index is 1.85. The number of anilines is 1. The number of aromatic nitrogens is 4. The zero-order valence-electron chi connectivity index (χ0n) is 20.9. The molecule has 0 aliphatic carbocycles. The lowest BCUT2D eigenvalue weighted by Crippen LogP contribution is -2.31. The first-order chi connectivity index (χ1) is 16.2. The number of H-pyrrole nitrogens is 1. The minimum atomic E-state index is -0.891. The van der Waals surface area contributed by atoms with Gasteiger partial charge in [0.15, 0.2) is 11.2 Å². The Hall–Kier alpha value is -3.07. The maximum Gasteiger partial charge on any atom is 0.329 e. The van der Waals surface area contributed by atoms with Crippen molar-refractivity contribution in [2.75, 3.05) is 18.5 Å². The van der Waals surface area contributed by atoms with Crippen LogP contribution in [-0.4, -0.2) is 43.5 Å². The van der Waals surface area contributed by atoms with Crippen LogP contribution in [0.25, 0.3) is 11.2 Å². The average molecular weight is 472 g/mol. The highest BCUT2D eigenvalue weighted by molar-refractivity contribution is 5.74. The number of aliphatic hydroxyl groups is 1. The van der Waals surface area contributed by atoms with E-state index in [2.05, 4.69) is 29.1 Å². The van der Waals surface area contributed by atoms with Crippen LogP contribution in [0.3, 0.4) is 0 Å². The number of nitrogens with one attached hydrogen (secondary N) is 2. The summed E-state index contributed by atoms with van der Waals surface area (Å²) in [4.78, 5) is 31.7. The molecule has 9 heteroatoms. The van der Waals surface area contributed by atoms with E-state index in [9.17, 15) is 14.7 Å². The standard InChI is InChI=1S/C25H37N5O4/c1-6-8-9-18(7-2)13-26-24-27-22-21(23(32)28-25(33)29(22)5)30(24)14-19(31)15-34-20-11-10-16(3)17(4)12-20/h10-12,18-19,31H,6-9,13-15H2,1-5H3,(H,26,27)(H,28,32,33)/t18-,19-/m0/s1. The summed E-state index contributed by atoms with van der Waals surface area (Å²) in [5.74, 6) is 1.60. The predicted molar refractivity (Wildman–Crippen MR) is 135 cm³/mol. The van der Waals surface area contributed by atoms with Crippen molar-refractivity contribution in [2.45, 2.75) is 66.0 Å². The van der Waals surface area contributed by atoms with E-state index in [1.165, 1.54) is 10.1 Å². The molecule has 2 atom stereocenters. The summed E-state index contributed by atoms with van der Waals surface area (Å²) in [6.45, 7) is 9.22. The summed E-state index contributed by atoms with van der Waals surface area (Å²) < 4.78 is 8.75. The number of hydrogen-bond donors (Lipinski definition) is 3. The summed E-state index contributed by atoms with van der Waals surface area (Å²) in [6.07, 6.45) is 3.53. The van der Waals surface area contributed by atoms with Crippen molar-refractivity contribution >= 4 is 17.1 Å². The summed E-state index contributed by atoms with van der Waals surface area (Å²) in [5.41, 5.74) is 1.75. The molecule has 1 aromatic carbocycles. The molecule has 3 aromatic rings. The Kier molecular flexibility index (Phi) is 8.55. The number of hydrogen-bond acceptors (Lipinski definition) is 6. The molecule has 2 aromatic heterocycles. The van der Waals surface area contributed by atoms with E-state index in [-0.39, 0.29) is 24.3 Å². The first-order valence-corrected chi connectivity index (χ1v) is 12.1. The number of ether oxygens (including phenoxy) is 1. The molecule has 0 saturated heterocycles. The van der Waals surface area contributed by atoms with Crippen LogP contribution in [-0.2, 0) is 13.6 Å². The van der Waals surface area contributed by atoms with E-state index in [1.54, 1.807) is 11.6 Å². The topological polar surface area (TPSA) is 114 Å². The fraction of sp³-hybridized carbons (Fsp3) is 0.560. The van der Waals surface area contributed by atoms with E-state index in [0.29, 0.717) is 24.2 Å². The Morgan fingerprint density at radius 1 is 1.21 bits per heavy atom. The number of unbranched alkanes of at least 4 members (excludes halogenated alkanes) is 1. The third-order valence-electron chi connectivity index (χ3n) is 6.41. The highest BCUT2D eigenvalue weighted by Crippen LogP contribution is 2.20. The molecule has 0 radical (unpaired) electrons. The van der Waals surface area contributed by atoms with Crippen LogP contribution in [0.2, 0.25) is 0 Å². The molecular formula is C25H37N5O4. The summed E-state index contributed by atoms with van der Waals surface area (Å²) >= 11 is 0. The number of fused-ring (bicyclic) bond motifs is 1. The highest BCUT2D eigenvalue weighted by Gasteiger charge is 2.20. The Bertz CT molecular complexity index is 1230. The van der Waals surface area contributed by atoms with Crippen molar-refractivity contribution in [1.29, 1.82) is 0 Å². The molecule has 0 spiro atoms. The molecule has 186 valence electrons. The van der Waals surface area contributed by atoms with Gasteiger partial charge >= 0.3 is 5.69 Å². The number of nitrogens with zero attached hydrogens (tertiary/aromatic N) is 3. The smallest absolute Gasteiger partial charge is 0.329 e. The van der Waals surface area contributed by atoms with Crippen molar-refractivity contribution < 1.29 is 9.84 Å². The predicted octanol–water partition coefficient (Wildman–Crippen LogP) is 3.11. The molecule has 34 heavy (non-hydrogen) atoms. The Morgan fingerprint density at radius 2 is 1.97 bits per heavy atom. The second-order valence-corrected chi connectivity index (χ2v) is 9.04. The van der Waals surface area contributed by atoms with Gasteiger partial charge in [-0.25, -0.2) is 4.79 Å². The number of benzene rings is 1. The van der Waals surface area contributed by atoms with Crippen molar-refractivity contribution in [3.8, 4) is 5.75 Å². The molecule has 0 unspecified atom stereocenters. The van der Waals surface area contributed by atoms with Gasteiger partial charge in [0.1, 0.15) is 18.5 Å². The minimum absolute atomic E-state index is 0.0549. The van der Waals surface area contributed by atoms with Gasteiger partial charge in [0.25, 0.3) is 5.56 Å². The van der Waals surface area contributed by atoms with Crippen molar-refractivity contribution in [2.24, 2.45) is 13.0 Å². The molecule has 3 N–H and O–H groups in total. The van der Waals surface area contributed by atoms with E-state index in [1.807, 2.05) is 32.0 Å². The normalized spacial score (nSPS) is 13.2. The first kappa shape index (κ1) is 25.6. The van der Waals surface area contributed by atoms with Gasteiger partial charge in [-0.05, 0) is 49.4 Å². The molecule has 3 rings (SSSR count). The first-order valence-electron chi connectivity index (χ1n) is 12.1. The van der Waals surface area contributed by atoms with Crippen LogP contribution in [0.4, 0.5) is 5.95 Å². The average Bonchev–Trinajstić information content (AvgIpc) is 3.17. The second kappa shape index (κ2) is 11.4. The van der Waals surface area contributed by atoms with E-state index in [4.69, 9.17) is 4.74 Å². The van der Waals surface area contributed by atoms with Crippen LogP contribution in [0.5, 0.6) is 5.75 Å². The largest absolute Gasteiger partial charge is 0.491 e. The monoisotopic (exact) mass is 471 g/mol. The lowest BCUT2D eigenvalue weighted by Gasteiger charge is -2.18. The van der Waals surface area contributed by atoms with Crippen molar-refractivity contribution in [1.82, 2.24) is 19.1 Å². The lowest BCUT2D eigenvalue weighted by atomic mass is 9.99. The molecule has 2 heterocycles. The molecule has 0 fully saturated rings. The summed E-state index contributed by atoms with van der Waals surface area (Å²) in [7, 11) is 1.57. The van der Waals surface area contributed by atoms with E-state index >= 15 is 0 Å². The van der Waals surface area contributed by atoms with Crippen LogP contribution in [0.15, 0.2) is 27.8 Å². The fourth-order valence-corrected chi connectivity index (χ4v) is 3.99. The molecular weight excluding hydrogens is 434 g/mol. The molecule has 0 aliphatic heterocycles. The molecule has 0 amide bonds. The Labute approximate surface area is 199 Å². The number of aromatic amines is 1. The maximum absolute atomic E-state index is 12.7. The van der Waals surface area contributed by atoms with E-state index in [0.717, 1.165) is 31.2 Å².